The molecule has 6 nitrogen and oxygen atoms in total. The monoisotopic (exact) mass is 270 g/mol. The Bertz CT molecular complexity index is 747. The Hall–Kier alpha value is -2.39. The first-order valence-corrected chi connectivity index (χ1v) is 6.47. The maximum atomic E-state index is 12.0. The number of nitriles is 1. The standard InChI is InChI=1S/C14H14N4O2/c1-9-8-18(4-5-20-9)13-10-2-3-16-7-12(10)17-14(19)11(13)6-15/h2-3,7,9H,4-5,8H2,1H3,(H,17,19)/t9-/m0/s1. The van der Waals surface area contributed by atoms with Crippen LogP contribution in [0.15, 0.2) is 23.3 Å². The predicted molar refractivity (Wildman–Crippen MR) is 74.7 cm³/mol. The molecule has 0 spiro atoms. The van der Waals surface area contributed by atoms with Crippen LogP contribution in [0.2, 0.25) is 0 Å². The van der Waals surface area contributed by atoms with Crippen LogP contribution in [0.3, 0.4) is 0 Å². The van der Waals surface area contributed by atoms with E-state index in [2.05, 4.69) is 9.97 Å². The molecule has 0 saturated carbocycles. The van der Waals surface area contributed by atoms with Crippen LogP contribution in [0.4, 0.5) is 5.69 Å². The van der Waals surface area contributed by atoms with Crippen molar-refractivity contribution in [2.45, 2.75) is 13.0 Å². The summed E-state index contributed by atoms with van der Waals surface area (Å²) >= 11 is 0. The lowest BCUT2D eigenvalue weighted by Gasteiger charge is -2.33. The molecule has 0 aromatic carbocycles. The Kier molecular flexibility index (Phi) is 3.12. The van der Waals surface area contributed by atoms with Gasteiger partial charge in [-0.05, 0) is 13.0 Å². The highest BCUT2D eigenvalue weighted by atomic mass is 16.5. The number of aromatic amines is 1. The van der Waals surface area contributed by atoms with E-state index in [1.54, 1.807) is 12.4 Å². The van der Waals surface area contributed by atoms with Gasteiger partial charge in [0.1, 0.15) is 11.6 Å². The van der Waals surface area contributed by atoms with E-state index in [1.807, 2.05) is 24.0 Å². The first-order valence-electron chi connectivity index (χ1n) is 6.47. The third kappa shape index (κ3) is 2.02. The number of ether oxygens (including phenoxy) is 1. The lowest BCUT2D eigenvalue weighted by Crippen LogP contribution is -2.42. The van der Waals surface area contributed by atoms with Crippen LogP contribution in [-0.2, 0) is 4.74 Å². The number of anilines is 1. The van der Waals surface area contributed by atoms with Gasteiger partial charge in [-0.3, -0.25) is 9.78 Å². The Morgan fingerprint density at radius 1 is 1.60 bits per heavy atom. The van der Waals surface area contributed by atoms with Gasteiger partial charge in [0.15, 0.2) is 0 Å². The summed E-state index contributed by atoms with van der Waals surface area (Å²) in [7, 11) is 0. The molecule has 0 unspecified atom stereocenters. The van der Waals surface area contributed by atoms with Gasteiger partial charge in [0, 0.05) is 24.7 Å². The summed E-state index contributed by atoms with van der Waals surface area (Å²) in [5.74, 6) is 0. The van der Waals surface area contributed by atoms with E-state index >= 15 is 0 Å². The van der Waals surface area contributed by atoms with Crippen molar-refractivity contribution >= 4 is 16.6 Å². The van der Waals surface area contributed by atoms with E-state index in [1.165, 1.54) is 0 Å². The molecule has 20 heavy (non-hydrogen) atoms. The number of nitrogens with zero attached hydrogens (tertiary/aromatic N) is 3. The minimum Gasteiger partial charge on any atom is -0.375 e. The molecule has 102 valence electrons. The Morgan fingerprint density at radius 3 is 3.20 bits per heavy atom. The smallest absolute Gasteiger partial charge is 0.268 e. The van der Waals surface area contributed by atoms with Gasteiger partial charge in [0.2, 0.25) is 0 Å². The quantitative estimate of drug-likeness (QED) is 0.836. The molecule has 2 aromatic heterocycles. The number of fused-ring (bicyclic) bond motifs is 1. The second-order valence-electron chi connectivity index (χ2n) is 4.84. The van der Waals surface area contributed by atoms with Crippen LogP contribution in [0.5, 0.6) is 0 Å². The van der Waals surface area contributed by atoms with Crippen LogP contribution < -0.4 is 10.5 Å². The molecule has 3 rings (SSSR count). The SMILES string of the molecule is C[C@H]1CN(c2c(C#N)c(=O)[nH]c3cnccc23)CCO1. The molecule has 1 atom stereocenters. The number of rotatable bonds is 1. The topological polar surface area (TPSA) is 82.0 Å². The van der Waals surface area contributed by atoms with E-state index in [0.717, 1.165) is 5.39 Å². The van der Waals surface area contributed by atoms with Crippen molar-refractivity contribution in [2.75, 3.05) is 24.6 Å². The molecule has 3 heterocycles. The number of hydrogen-bond acceptors (Lipinski definition) is 5. The van der Waals surface area contributed by atoms with Crippen molar-refractivity contribution in [1.82, 2.24) is 9.97 Å². The summed E-state index contributed by atoms with van der Waals surface area (Å²) in [6, 6.07) is 3.84. The summed E-state index contributed by atoms with van der Waals surface area (Å²) in [4.78, 5) is 20.8. The number of hydrogen-bond donors (Lipinski definition) is 1. The zero-order valence-corrected chi connectivity index (χ0v) is 11.1. The second-order valence-corrected chi connectivity index (χ2v) is 4.84. The third-order valence-electron chi connectivity index (χ3n) is 3.46. The van der Waals surface area contributed by atoms with E-state index in [9.17, 15) is 10.1 Å². The molecule has 2 aromatic rings. The van der Waals surface area contributed by atoms with Gasteiger partial charge in [-0.2, -0.15) is 5.26 Å². The van der Waals surface area contributed by atoms with Crippen molar-refractivity contribution in [3.05, 3.63) is 34.4 Å². The van der Waals surface area contributed by atoms with E-state index in [-0.39, 0.29) is 17.2 Å². The first kappa shape index (κ1) is 12.6. The van der Waals surface area contributed by atoms with Crippen molar-refractivity contribution in [2.24, 2.45) is 0 Å². The molecular weight excluding hydrogens is 256 g/mol. The van der Waals surface area contributed by atoms with Gasteiger partial charge in [-0.15, -0.1) is 0 Å². The largest absolute Gasteiger partial charge is 0.375 e. The van der Waals surface area contributed by atoms with Crippen molar-refractivity contribution in [3.63, 3.8) is 0 Å². The number of aromatic nitrogens is 2. The zero-order chi connectivity index (χ0) is 14.1. The molecular formula is C14H14N4O2. The van der Waals surface area contributed by atoms with Gasteiger partial charge in [-0.25, -0.2) is 0 Å². The average molecular weight is 270 g/mol. The van der Waals surface area contributed by atoms with Crippen molar-refractivity contribution in [1.29, 1.82) is 5.26 Å². The Morgan fingerprint density at radius 2 is 2.45 bits per heavy atom. The third-order valence-corrected chi connectivity index (χ3v) is 3.46. The second kappa shape index (κ2) is 4.94. The lowest BCUT2D eigenvalue weighted by atomic mass is 10.1. The highest BCUT2D eigenvalue weighted by Gasteiger charge is 2.23. The molecule has 1 aliphatic rings. The maximum Gasteiger partial charge on any atom is 0.268 e. The molecule has 1 saturated heterocycles. The number of H-pyrrole nitrogens is 1. The minimum absolute atomic E-state index is 0.0754. The van der Waals surface area contributed by atoms with E-state index in [0.29, 0.717) is 30.9 Å². The van der Waals surface area contributed by atoms with Gasteiger partial charge in [0.25, 0.3) is 5.56 Å². The lowest BCUT2D eigenvalue weighted by molar-refractivity contribution is 0.0533. The van der Waals surface area contributed by atoms with Gasteiger partial charge in [0.05, 0.1) is 30.1 Å². The summed E-state index contributed by atoms with van der Waals surface area (Å²) in [6.45, 7) is 3.90. The van der Waals surface area contributed by atoms with Gasteiger partial charge < -0.3 is 14.6 Å². The fourth-order valence-electron chi connectivity index (χ4n) is 2.58. The molecule has 1 N–H and O–H groups in total. The van der Waals surface area contributed by atoms with Crippen molar-refractivity contribution < 1.29 is 4.74 Å². The summed E-state index contributed by atoms with van der Waals surface area (Å²) in [5.41, 5.74) is 1.11. The van der Waals surface area contributed by atoms with E-state index < -0.39 is 0 Å². The first-order chi connectivity index (χ1) is 9.70. The van der Waals surface area contributed by atoms with Gasteiger partial charge >= 0.3 is 0 Å². The Balaban J connectivity index is 2.26. The number of nitrogens with one attached hydrogen (secondary N) is 1. The van der Waals surface area contributed by atoms with E-state index in [4.69, 9.17) is 4.74 Å². The number of morpholine rings is 1. The predicted octanol–water partition coefficient (Wildman–Crippen LogP) is 1.02. The molecule has 0 amide bonds. The number of pyridine rings is 2. The Labute approximate surface area is 115 Å². The van der Waals surface area contributed by atoms with Crippen LogP contribution in [0.25, 0.3) is 10.9 Å². The molecule has 1 aliphatic heterocycles. The normalized spacial score (nSPS) is 19.0. The van der Waals surface area contributed by atoms with Crippen molar-refractivity contribution in [3.8, 4) is 6.07 Å². The highest BCUT2D eigenvalue weighted by Crippen LogP contribution is 2.28. The zero-order valence-electron chi connectivity index (χ0n) is 11.1. The molecule has 0 aliphatic carbocycles. The maximum absolute atomic E-state index is 12.0. The minimum atomic E-state index is -0.373. The molecule has 0 radical (unpaired) electrons. The average Bonchev–Trinajstić information content (AvgIpc) is 2.45. The highest BCUT2D eigenvalue weighted by molar-refractivity contribution is 5.93. The molecule has 0 bridgehead atoms. The fraction of sp³-hybridized carbons (Fsp3) is 0.357. The van der Waals surface area contributed by atoms with Crippen LogP contribution in [0.1, 0.15) is 12.5 Å². The molecule has 1 fully saturated rings. The summed E-state index contributed by atoms with van der Waals surface area (Å²) in [5, 5.41) is 10.1. The van der Waals surface area contributed by atoms with Crippen LogP contribution in [0, 0.1) is 11.3 Å². The summed E-state index contributed by atoms with van der Waals surface area (Å²) < 4.78 is 5.52. The van der Waals surface area contributed by atoms with Crippen LogP contribution in [-0.4, -0.2) is 35.8 Å². The van der Waals surface area contributed by atoms with Crippen LogP contribution >= 0.6 is 0 Å². The summed E-state index contributed by atoms with van der Waals surface area (Å²) in [6.07, 6.45) is 3.34. The van der Waals surface area contributed by atoms with Gasteiger partial charge in [-0.1, -0.05) is 0 Å². The molecule has 6 heteroatoms. The fourth-order valence-corrected chi connectivity index (χ4v) is 2.58.